The number of nitrogens with zero attached hydrogens (tertiary/aromatic N) is 2. The zero-order valence-electron chi connectivity index (χ0n) is 22.2. The third kappa shape index (κ3) is 9.14. The minimum Gasteiger partial charge on any atom is -0.354 e. The van der Waals surface area contributed by atoms with E-state index in [4.69, 9.17) is 58.0 Å². The van der Waals surface area contributed by atoms with Crippen molar-refractivity contribution < 1.29 is 18.0 Å². The van der Waals surface area contributed by atoms with Gasteiger partial charge in [-0.05, 0) is 41.8 Å². The number of halogens is 5. The summed E-state index contributed by atoms with van der Waals surface area (Å²) in [5.74, 6) is -1.07. The van der Waals surface area contributed by atoms with Gasteiger partial charge in [-0.1, -0.05) is 101 Å². The number of anilines is 1. The molecule has 0 fully saturated rings. The summed E-state index contributed by atoms with van der Waals surface area (Å²) in [4.78, 5) is 28.9. The van der Waals surface area contributed by atoms with Crippen molar-refractivity contribution in [3.05, 3.63) is 96.9 Å². The van der Waals surface area contributed by atoms with Crippen LogP contribution in [0.5, 0.6) is 0 Å². The third-order valence-electron chi connectivity index (χ3n) is 6.11. The maximum atomic E-state index is 14.1. The second-order valence-electron chi connectivity index (χ2n) is 9.24. The first-order valence-electron chi connectivity index (χ1n) is 12.5. The van der Waals surface area contributed by atoms with Crippen molar-refractivity contribution in [2.45, 2.75) is 32.4 Å². The first kappa shape index (κ1) is 33.3. The van der Waals surface area contributed by atoms with Crippen LogP contribution in [0, 0.1) is 0 Å². The van der Waals surface area contributed by atoms with Crippen LogP contribution in [0.15, 0.2) is 60.7 Å². The zero-order chi connectivity index (χ0) is 30.3. The van der Waals surface area contributed by atoms with Crippen molar-refractivity contribution >= 4 is 85.5 Å². The Bertz CT molecular complexity index is 1510. The molecule has 2 amide bonds. The fourth-order valence-corrected chi connectivity index (χ4v) is 6.07. The number of carbonyl (C=O) groups excluding carboxylic acids is 2. The number of nitrogens with one attached hydrogen (secondary N) is 1. The summed E-state index contributed by atoms with van der Waals surface area (Å²) in [5, 5.41) is 3.70. The first-order chi connectivity index (χ1) is 19.3. The van der Waals surface area contributed by atoms with E-state index in [9.17, 15) is 18.0 Å². The topological polar surface area (TPSA) is 86.8 Å². The van der Waals surface area contributed by atoms with Gasteiger partial charge in [-0.3, -0.25) is 13.9 Å². The fourth-order valence-electron chi connectivity index (χ4n) is 4.05. The molecule has 0 aliphatic carbocycles. The summed E-state index contributed by atoms with van der Waals surface area (Å²) in [5.41, 5.74) is 1.29. The molecule has 0 aliphatic rings. The fraction of sp³-hybridized carbons (Fsp3) is 0.286. The van der Waals surface area contributed by atoms with E-state index in [1.165, 1.54) is 23.1 Å². The molecular formula is C28H28Cl5N3O4S. The average molecular weight is 680 g/mol. The molecule has 0 saturated heterocycles. The maximum absolute atomic E-state index is 14.1. The number of hydrogen-bond donors (Lipinski definition) is 1. The zero-order valence-corrected chi connectivity index (χ0v) is 26.8. The van der Waals surface area contributed by atoms with E-state index in [0.29, 0.717) is 23.6 Å². The van der Waals surface area contributed by atoms with Gasteiger partial charge in [-0.15, -0.1) is 0 Å². The van der Waals surface area contributed by atoms with Gasteiger partial charge in [0.2, 0.25) is 21.8 Å². The smallest absolute Gasteiger partial charge is 0.244 e. The number of sulfonamides is 1. The van der Waals surface area contributed by atoms with Crippen molar-refractivity contribution in [1.82, 2.24) is 10.2 Å². The summed E-state index contributed by atoms with van der Waals surface area (Å²) in [7, 11) is -4.05. The minimum absolute atomic E-state index is 0.0218. The monoisotopic (exact) mass is 677 g/mol. The highest BCUT2D eigenvalue weighted by Gasteiger charge is 2.34. The van der Waals surface area contributed by atoms with Crippen LogP contribution in [-0.2, 0) is 32.6 Å². The van der Waals surface area contributed by atoms with Gasteiger partial charge < -0.3 is 10.2 Å². The van der Waals surface area contributed by atoms with Gasteiger partial charge in [0.05, 0.1) is 27.0 Å². The van der Waals surface area contributed by atoms with Gasteiger partial charge in [0.1, 0.15) is 12.6 Å². The SMILES string of the molecule is CCCNC(=O)[C@@H](Cc1ccccc1)N(Cc1ccc(Cl)cc1Cl)C(=O)CN(c1cc(Cl)c(Cl)cc1Cl)S(C)(=O)=O. The lowest BCUT2D eigenvalue weighted by atomic mass is 10.0. The van der Waals surface area contributed by atoms with E-state index in [1.807, 2.05) is 37.3 Å². The number of rotatable bonds is 12. The molecule has 3 aromatic carbocycles. The number of hydrogen-bond acceptors (Lipinski definition) is 4. The van der Waals surface area contributed by atoms with Gasteiger partial charge in [-0.2, -0.15) is 0 Å². The highest BCUT2D eigenvalue weighted by Crippen LogP contribution is 2.36. The van der Waals surface area contributed by atoms with E-state index < -0.39 is 34.4 Å². The van der Waals surface area contributed by atoms with Crippen LogP contribution < -0.4 is 9.62 Å². The van der Waals surface area contributed by atoms with Crippen LogP contribution in [0.25, 0.3) is 0 Å². The summed E-state index contributed by atoms with van der Waals surface area (Å²) in [6, 6.07) is 15.6. The predicted molar refractivity (Wildman–Crippen MR) is 168 cm³/mol. The Morgan fingerprint density at radius 1 is 0.878 bits per heavy atom. The second kappa shape index (κ2) is 14.8. The van der Waals surface area contributed by atoms with Crippen molar-refractivity contribution in [1.29, 1.82) is 0 Å². The van der Waals surface area contributed by atoms with E-state index in [-0.39, 0.29) is 38.7 Å². The van der Waals surface area contributed by atoms with Gasteiger partial charge in [0.15, 0.2) is 0 Å². The first-order valence-corrected chi connectivity index (χ1v) is 16.2. The van der Waals surface area contributed by atoms with Crippen molar-refractivity contribution in [2.75, 3.05) is 23.7 Å². The average Bonchev–Trinajstić information content (AvgIpc) is 2.91. The molecule has 13 heteroatoms. The number of carbonyl (C=O) groups is 2. The van der Waals surface area contributed by atoms with Crippen LogP contribution in [0.3, 0.4) is 0 Å². The lowest BCUT2D eigenvalue weighted by molar-refractivity contribution is -0.140. The predicted octanol–water partition coefficient (Wildman–Crippen LogP) is 6.89. The molecule has 3 aromatic rings. The molecule has 0 aromatic heterocycles. The van der Waals surface area contributed by atoms with Crippen LogP contribution >= 0.6 is 58.0 Å². The third-order valence-corrected chi connectivity index (χ3v) is 8.85. The van der Waals surface area contributed by atoms with Gasteiger partial charge >= 0.3 is 0 Å². The lowest BCUT2D eigenvalue weighted by Crippen LogP contribution is -2.53. The molecule has 0 aliphatic heterocycles. The molecular weight excluding hydrogens is 652 g/mol. The van der Waals surface area contributed by atoms with E-state index in [2.05, 4.69) is 5.32 Å². The molecule has 0 saturated carbocycles. The summed E-state index contributed by atoms with van der Waals surface area (Å²) < 4.78 is 26.7. The molecule has 7 nitrogen and oxygen atoms in total. The Morgan fingerprint density at radius 3 is 2.15 bits per heavy atom. The molecule has 0 unspecified atom stereocenters. The van der Waals surface area contributed by atoms with Crippen molar-refractivity contribution in [2.24, 2.45) is 0 Å². The second-order valence-corrected chi connectivity index (χ2v) is 13.2. The molecule has 0 bridgehead atoms. The standard InChI is InChI=1S/C28H28Cl5N3O4S/c1-3-11-34-28(38)26(12-18-7-5-4-6-8-18)35(16-19-9-10-20(29)13-21(19)30)27(37)17-36(41(2,39)40)25-15-23(32)22(31)14-24(25)33/h4-10,13-15,26H,3,11-12,16-17H2,1-2H3,(H,34,38)/t26-/m1/s1. The highest BCUT2D eigenvalue weighted by atomic mass is 35.5. The number of amides is 2. The van der Waals surface area contributed by atoms with Gasteiger partial charge in [0, 0.05) is 29.6 Å². The van der Waals surface area contributed by atoms with Crippen LogP contribution in [0.2, 0.25) is 25.1 Å². The van der Waals surface area contributed by atoms with Crippen molar-refractivity contribution in [3.8, 4) is 0 Å². The summed E-state index contributed by atoms with van der Waals surface area (Å²) >= 11 is 31.1. The van der Waals surface area contributed by atoms with E-state index in [0.717, 1.165) is 16.1 Å². The van der Waals surface area contributed by atoms with Gasteiger partial charge in [0.25, 0.3) is 0 Å². The Kier molecular flexibility index (Phi) is 12.0. The minimum atomic E-state index is -4.05. The Labute approximate surface area is 265 Å². The lowest BCUT2D eigenvalue weighted by Gasteiger charge is -2.34. The molecule has 1 atom stereocenters. The van der Waals surface area contributed by atoms with Gasteiger partial charge in [-0.25, -0.2) is 8.42 Å². The normalized spacial score (nSPS) is 12.1. The van der Waals surface area contributed by atoms with Crippen LogP contribution in [-0.4, -0.2) is 50.5 Å². The molecule has 0 heterocycles. The molecule has 0 radical (unpaired) electrons. The molecule has 0 spiro atoms. The largest absolute Gasteiger partial charge is 0.354 e. The summed E-state index contributed by atoms with van der Waals surface area (Å²) in [6.07, 6.45) is 1.78. The Balaban J connectivity index is 2.11. The maximum Gasteiger partial charge on any atom is 0.244 e. The highest BCUT2D eigenvalue weighted by molar-refractivity contribution is 7.92. The molecule has 41 heavy (non-hydrogen) atoms. The Hall–Kier alpha value is -2.20. The quantitative estimate of drug-likeness (QED) is 0.212. The molecule has 220 valence electrons. The molecule has 3 rings (SSSR count). The van der Waals surface area contributed by atoms with Crippen LogP contribution in [0.1, 0.15) is 24.5 Å². The summed E-state index contributed by atoms with van der Waals surface area (Å²) in [6.45, 7) is 1.53. The van der Waals surface area contributed by atoms with Crippen molar-refractivity contribution in [3.63, 3.8) is 0 Å². The number of benzene rings is 3. The molecule has 1 N–H and O–H groups in total. The Morgan fingerprint density at radius 2 is 1.54 bits per heavy atom. The van der Waals surface area contributed by atoms with E-state index >= 15 is 0 Å². The van der Waals surface area contributed by atoms with Crippen LogP contribution in [0.4, 0.5) is 5.69 Å². The van der Waals surface area contributed by atoms with E-state index in [1.54, 1.807) is 12.1 Å².